The van der Waals surface area contributed by atoms with Crippen molar-refractivity contribution in [2.45, 2.75) is 6.61 Å². The molecule has 0 fully saturated rings. The molecule has 2 aromatic rings. The van der Waals surface area contributed by atoms with Crippen LogP contribution in [0.25, 0.3) is 10.1 Å². The highest BCUT2D eigenvalue weighted by Gasteiger charge is 2.08. The number of aliphatic hydroxyl groups is 1. The average Bonchev–Trinajstić information content (AvgIpc) is 2.55. The Balaban J connectivity index is 2.76. The van der Waals surface area contributed by atoms with E-state index < -0.39 is 5.82 Å². The molecule has 0 atom stereocenters. The lowest BCUT2D eigenvalue weighted by Crippen LogP contribution is -1.74. The Morgan fingerprint density at radius 3 is 2.85 bits per heavy atom. The van der Waals surface area contributed by atoms with E-state index in [9.17, 15) is 9.50 Å². The lowest BCUT2D eigenvalue weighted by molar-refractivity contribution is 0.285. The quantitative estimate of drug-likeness (QED) is 0.737. The molecule has 0 radical (unpaired) electrons. The van der Waals surface area contributed by atoms with Crippen molar-refractivity contribution in [1.82, 2.24) is 0 Å². The second kappa shape index (κ2) is 2.97. The summed E-state index contributed by atoms with van der Waals surface area (Å²) in [7, 11) is 0. The van der Waals surface area contributed by atoms with Crippen LogP contribution in [-0.2, 0) is 6.61 Å². The van der Waals surface area contributed by atoms with Gasteiger partial charge in [-0.1, -0.05) is 0 Å². The molecule has 0 aliphatic rings. The number of fused-ring (bicyclic) bond motifs is 1. The Bertz CT molecular complexity index is 450. The SMILES string of the molecule is OCc1cc2c(O)c(F)ccc2s1. The van der Waals surface area contributed by atoms with Gasteiger partial charge in [0, 0.05) is 15.0 Å². The zero-order valence-electron chi connectivity index (χ0n) is 6.62. The first-order chi connectivity index (χ1) is 6.22. The number of aromatic hydroxyl groups is 1. The Kier molecular flexibility index (Phi) is 1.94. The molecule has 2 nitrogen and oxygen atoms in total. The minimum atomic E-state index is -0.630. The number of halogens is 1. The van der Waals surface area contributed by atoms with E-state index in [1.807, 2.05) is 0 Å². The third-order valence-electron chi connectivity index (χ3n) is 1.83. The van der Waals surface area contributed by atoms with Crippen LogP contribution in [0.3, 0.4) is 0 Å². The van der Waals surface area contributed by atoms with E-state index in [4.69, 9.17) is 5.11 Å². The van der Waals surface area contributed by atoms with Crippen molar-refractivity contribution in [3.63, 3.8) is 0 Å². The van der Waals surface area contributed by atoms with Gasteiger partial charge in [-0.15, -0.1) is 11.3 Å². The van der Waals surface area contributed by atoms with Crippen LogP contribution >= 0.6 is 11.3 Å². The van der Waals surface area contributed by atoms with Crippen molar-refractivity contribution < 1.29 is 14.6 Å². The molecular formula is C9H7FO2S. The summed E-state index contributed by atoms with van der Waals surface area (Å²) in [5, 5.41) is 18.6. The van der Waals surface area contributed by atoms with Gasteiger partial charge >= 0.3 is 0 Å². The van der Waals surface area contributed by atoms with Crippen molar-refractivity contribution in [1.29, 1.82) is 0 Å². The summed E-state index contributed by atoms with van der Waals surface area (Å²) in [5.41, 5.74) is 0. The van der Waals surface area contributed by atoms with E-state index in [0.29, 0.717) is 5.39 Å². The highest BCUT2D eigenvalue weighted by molar-refractivity contribution is 7.19. The van der Waals surface area contributed by atoms with Gasteiger partial charge < -0.3 is 10.2 Å². The predicted molar refractivity (Wildman–Crippen MR) is 49.4 cm³/mol. The summed E-state index contributed by atoms with van der Waals surface area (Å²) in [6, 6.07) is 4.40. The van der Waals surface area contributed by atoms with Crippen molar-refractivity contribution in [3.05, 3.63) is 28.9 Å². The van der Waals surface area contributed by atoms with Gasteiger partial charge in [0.1, 0.15) is 0 Å². The maximum Gasteiger partial charge on any atom is 0.165 e. The van der Waals surface area contributed by atoms with Crippen LogP contribution in [0.4, 0.5) is 4.39 Å². The van der Waals surface area contributed by atoms with Crippen LogP contribution in [0, 0.1) is 5.82 Å². The molecule has 1 aromatic carbocycles. The molecule has 0 aliphatic carbocycles. The van der Waals surface area contributed by atoms with E-state index in [-0.39, 0.29) is 12.4 Å². The van der Waals surface area contributed by atoms with E-state index in [1.54, 1.807) is 12.1 Å². The van der Waals surface area contributed by atoms with Gasteiger partial charge in [0.05, 0.1) is 6.61 Å². The van der Waals surface area contributed by atoms with Crippen molar-refractivity contribution in [2.24, 2.45) is 0 Å². The normalized spacial score (nSPS) is 10.9. The summed E-state index contributed by atoms with van der Waals surface area (Å²) >= 11 is 1.34. The molecule has 4 heteroatoms. The molecule has 0 aliphatic heterocycles. The molecular weight excluding hydrogens is 191 g/mol. The number of hydrogen-bond donors (Lipinski definition) is 2. The van der Waals surface area contributed by atoms with Crippen molar-refractivity contribution in [3.8, 4) is 5.75 Å². The predicted octanol–water partition coefficient (Wildman–Crippen LogP) is 2.24. The van der Waals surface area contributed by atoms with Gasteiger partial charge in [0.15, 0.2) is 11.6 Å². The maximum atomic E-state index is 12.9. The number of hydrogen-bond acceptors (Lipinski definition) is 3. The number of benzene rings is 1. The molecule has 0 spiro atoms. The molecule has 1 heterocycles. The molecule has 13 heavy (non-hydrogen) atoms. The monoisotopic (exact) mass is 198 g/mol. The van der Waals surface area contributed by atoms with Crippen molar-refractivity contribution >= 4 is 21.4 Å². The first-order valence-corrected chi connectivity index (χ1v) is 4.55. The van der Waals surface area contributed by atoms with Gasteiger partial charge in [-0.2, -0.15) is 0 Å². The third-order valence-corrected chi connectivity index (χ3v) is 2.92. The number of phenolic OH excluding ortho intramolecular Hbond substituents is 1. The highest BCUT2D eigenvalue weighted by Crippen LogP contribution is 2.33. The first kappa shape index (κ1) is 8.47. The van der Waals surface area contributed by atoms with Gasteiger partial charge in [0.25, 0.3) is 0 Å². The fourth-order valence-corrected chi connectivity index (χ4v) is 2.13. The van der Waals surface area contributed by atoms with Gasteiger partial charge in [-0.3, -0.25) is 0 Å². The molecule has 2 rings (SSSR count). The highest BCUT2D eigenvalue weighted by atomic mass is 32.1. The Labute approximate surface area is 77.9 Å². The van der Waals surface area contributed by atoms with Gasteiger partial charge in [-0.25, -0.2) is 4.39 Å². The van der Waals surface area contributed by atoms with Crippen LogP contribution in [0.5, 0.6) is 5.75 Å². The van der Waals surface area contributed by atoms with Crippen LogP contribution < -0.4 is 0 Å². The number of rotatable bonds is 1. The zero-order valence-corrected chi connectivity index (χ0v) is 7.44. The van der Waals surface area contributed by atoms with Crippen LogP contribution in [0.15, 0.2) is 18.2 Å². The fraction of sp³-hybridized carbons (Fsp3) is 0.111. The number of phenols is 1. The largest absolute Gasteiger partial charge is 0.504 e. The summed E-state index contributed by atoms with van der Waals surface area (Å²) in [6.45, 7) is -0.0829. The Morgan fingerprint density at radius 2 is 2.15 bits per heavy atom. The first-order valence-electron chi connectivity index (χ1n) is 3.73. The molecule has 0 saturated carbocycles. The smallest absolute Gasteiger partial charge is 0.165 e. The topological polar surface area (TPSA) is 40.5 Å². The minimum Gasteiger partial charge on any atom is -0.504 e. The number of thiophene rings is 1. The van der Waals surface area contributed by atoms with Crippen LogP contribution in [-0.4, -0.2) is 10.2 Å². The van der Waals surface area contributed by atoms with E-state index in [2.05, 4.69) is 0 Å². The lowest BCUT2D eigenvalue weighted by atomic mass is 10.2. The average molecular weight is 198 g/mol. The molecule has 68 valence electrons. The fourth-order valence-electron chi connectivity index (χ4n) is 1.20. The second-order valence-corrected chi connectivity index (χ2v) is 3.85. The summed E-state index contributed by atoms with van der Waals surface area (Å²) < 4.78 is 13.6. The van der Waals surface area contributed by atoms with E-state index in [0.717, 1.165) is 9.58 Å². The molecule has 0 bridgehead atoms. The van der Waals surface area contributed by atoms with E-state index >= 15 is 0 Å². The van der Waals surface area contributed by atoms with Crippen LogP contribution in [0.2, 0.25) is 0 Å². The number of aliphatic hydroxyl groups excluding tert-OH is 1. The maximum absolute atomic E-state index is 12.9. The molecule has 2 N–H and O–H groups in total. The van der Waals surface area contributed by atoms with Gasteiger partial charge in [-0.05, 0) is 18.2 Å². The lowest BCUT2D eigenvalue weighted by Gasteiger charge is -1.94. The molecule has 1 aromatic heterocycles. The third kappa shape index (κ3) is 1.28. The zero-order chi connectivity index (χ0) is 9.42. The second-order valence-electron chi connectivity index (χ2n) is 2.68. The van der Waals surface area contributed by atoms with Crippen molar-refractivity contribution in [2.75, 3.05) is 0 Å². The molecule has 0 saturated heterocycles. The Hall–Kier alpha value is -1.13. The van der Waals surface area contributed by atoms with Crippen LogP contribution in [0.1, 0.15) is 4.88 Å². The van der Waals surface area contributed by atoms with E-state index in [1.165, 1.54) is 17.4 Å². The molecule has 0 unspecified atom stereocenters. The molecule has 0 amide bonds. The Morgan fingerprint density at radius 1 is 1.38 bits per heavy atom. The van der Waals surface area contributed by atoms with Gasteiger partial charge in [0.2, 0.25) is 0 Å². The summed E-state index contributed by atoms with van der Waals surface area (Å²) in [6.07, 6.45) is 0. The summed E-state index contributed by atoms with van der Waals surface area (Å²) in [5.74, 6) is -0.969. The standard InChI is InChI=1S/C9H7FO2S/c10-7-1-2-8-6(9(7)12)3-5(4-11)13-8/h1-3,11-12H,4H2. The minimum absolute atomic E-state index is 0.0829. The summed E-state index contributed by atoms with van der Waals surface area (Å²) in [4.78, 5) is 0.718.